The second-order valence-electron chi connectivity index (χ2n) is 6.46. The molecule has 8 heteroatoms. The molecule has 1 aliphatic heterocycles. The summed E-state index contributed by atoms with van der Waals surface area (Å²) >= 11 is 6.12. The summed E-state index contributed by atoms with van der Waals surface area (Å²) in [5.74, 6) is 0.498. The van der Waals surface area contributed by atoms with Crippen molar-refractivity contribution in [3.8, 4) is 11.5 Å². The lowest BCUT2D eigenvalue weighted by molar-refractivity contribution is 0.102. The molecule has 28 heavy (non-hydrogen) atoms. The fourth-order valence-corrected chi connectivity index (χ4v) is 3.29. The second-order valence-corrected chi connectivity index (χ2v) is 6.87. The first-order chi connectivity index (χ1) is 13.4. The first-order valence-electron chi connectivity index (χ1n) is 8.61. The number of halogens is 2. The minimum absolute atomic E-state index is 0.150. The van der Waals surface area contributed by atoms with Gasteiger partial charge in [0, 0.05) is 10.6 Å². The maximum absolute atomic E-state index is 13.3. The van der Waals surface area contributed by atoms with Gasteiger partial charge in [0.1, 0.15) is 5.82 Å². The van der Waals surface area contributed by atoms with Crippen molar-refractivity contribution in [3.05, 3.63) is 69.8 Å². The van der Waals surface area contributed by atoms with Crippen LogP contribution in [0.3, 0.4) is 0 Å². The zero-order valence-corrected chi connectivity index (χ0v) is 16.0. The number of anilines is 1. The normalized spacial score (nSPS) is 12.3. The van der Waals surface area contributed by atoms with Gasteiger partial charge in [0.2, 0.25) is 6.79 Å². The Morgan fingerprint density at radius 3 is 2.79 bits per heavy atom. The molecule has 0 unspecified atom stereocenters. The minimum atomic E-state index is -0.390. The monoisotopic (exact) mass is 401 g/mol. The Bertz CT molecular complexity index is 1080. The predicted molar refractivity (Wildman–Crippen MR) is 103 cm³/mol. The molecule has 1 amide bonds. The molecule has 144 valence electrons. The molecule has 6 nitrogen and oxygen atoms in total. The molecule has 0 radical (unpaired) electrons. The van der Waals surface area contributed by atoms with E-state index in [-0.39, 0.29) is 12.7 Å². The first-order valence-corrected chi connectivity index (χ1v) is 8.99. The average molecular weight is 402 g/mol. The lowest BCUT2D eigenvalue weighted by Gasteiger charge is -2.09. The highest BCUT2D eigenvalue weighted by Crippen LogP contribution is 2.33. The maximum Gasteiger partial charge on any atom is 0.255 e. The van der Waals surface area contributed by atoms with E-state index in [0.29, 0.717) is 40.0 Å². The van der Waals surface area contributed by atoms with Crippen LogP contribution in [-0.4, -0.2) is 22.5 Å². The van der Waals surface area contributed by atoms with Crippen molar-refractivity contribution in [2.45, 2.75) is 20.4 Å². The number of benzene rings is 2. The molecular weight excluding hydrogens is 385 g/mol. The molecule has 0 atom stereocenters. The number of nitrogens with one attached hydrogen (secondary N) is 1. The van der Waals surface area contributed by atoms with Crippen molar-refractivity contribution < 1.29 is 18.7 Å². The van der Waals surface area contributed by atoms with E-state index < -0.39 is 5.82 Å². The highest BCUT2D eigenvalue weighted by Gasteiger charge is 2.19. The van der Waals surface area contributed by atoms with Crippen LogP contribution < -0.4 is 14.8 Å². The largest absolute Gasteiger partial charge is 0.454 e. The van der Waals surface area contributed by atoms with E-state index in [9.17, 15) is 9.18 Å². The Morgan fingerprint density at radius 2 is 2.00 bits per heavy atom. The van der Waals surface area contributed by atoms with Gasteiger partial charge >= 0.3 is 0 Å². The number of nitrogens with zero attached hydrogens (tertiary/aromatic N) is 2. The number of aryl methyl sites for hydroxylation is 1. The third-order valence-corrected chi connectivity index (χ3v) is 4.94. The van der Waals surface area contributed by atoms with E-state index in [0.717, 1.165) is 11.3 Å². The van der Waals surface area contributed by atoms with Gasteiger partial charge in [-0.2, -0.15) is 5.10 Å². The summed E-state index contributed by atoms with van der Waals surface area (Å²) < 4.78 is 25.6. The van der Waals surface area contributed by atoms with E-state index in [4.69, 9.17) is 21.1 Å². The first kappa shape index (κ1) is 18.3. The van der Waals surface area contributed by atoms with Crippen molar-refractivity contribution in [2.75, 3.05) is 12.1 Å². The molecule has 1 aliphatic rings. The van der Waals surface area contributed by atoms with Crippen molar-refractivity contribution in [1.29, 1.82) is 0 Å². The lowest BCUT2D eigenvalue weighted by atomic mass is 10.2. The third-order valence-electron chi connectivity index (χ3n) is 4.59. The highest BCUT2D eigenvalue weighted by atomic mass is 35.5. The molecule has 0 saturated heterocycles. The number of aromatic nitrogens is 2. The van der Waals surface area contributed by atoms with Gasteiger partial charge in [-0.15, -0.1) is 0 Å². The Hall–Kier alpha value is -3.06. The van der Waals surface area contributed by atoms with Crippen molar-refractivity contribution in [3.63, 3.8) is 0 Å². The van der Waals surface area contributed by atoms with E-state index in [1.807, 2.05) is 13.8 Å². The molecule has 2 heterocycles. The van der Waals surface area contributed by atoms with Crippen LogP contribution in [0.1, 0.15) is 27.3 Å². The van der Waals surface area contributed by atoms with Crippen LogP contribution in [-0.2, 0) is 6.54 Å². The van der Waals surface area contributed by atoms with Crippen LogP contribution in [0.15, 0.2) is 36.4 Å². The van der Waals surface area contributed by atoms with Crippen molar-refractivity contribution >= 4 is 23.2 Å². The number of fused-ring (bicyclic) bond motifs is 1. The van der Waals surface area contributed by atoms with E-state index in [1.165, 1.54) is 12.1 Å². The Balaban J connectivity index is 1.56. The smallest absolute Gasteiger partial charge is 0.255 e. The molecule has 3 aromatic rings. The zero-order valence-electron chi connectivity index (χ0n) is 15.3. The molecule has 0 spiro atoms. The van der Waals surface area contributed by atoms with Gasteiger partial charge in [-0.1, -0.05) is 17.7 Å². The Labute approximate surface area is 165 Å². The van der Waals surface area contributed by atoms with Gasteiger partial charge < -0.3 is 14.8 Å². The topological polar surface area (TPSA) is 65.4 Å². The van der Waals surface area contributed by atoms with Gasteiger partial charge in [0.05, 0.1) is 23.6 Å². The Morgan fingerprint density at radius 1 is 1.21 bits per heavy atom. The number of carbonyl (C=O) groups is 1. The minimum Gasteiger partial charge on any atom is -0.454 e. The summed E-state index contributed by atoms with van der Waals surface area (Å²) in [6.45, 7) is 4.18. The quantitative estimate of drug-likeness (QED) is 0.707. The summed E-state index contributed by atoms with van der Waals surface area (Å²) in [6.07, 6.45) is 0. The molecular formula is C20H17ClFN3O3. The molecule has 2 aromatic carbocycles. The number of hydrogen-bond acceptors (Lipinski definition) is 4. The van der Waals surface area contributed by atoms with Crippen molar-refractivity contribution in [1.82, 2.24) is 9.78 Å². The predicted octanol–water partition coefficient (Wildman–Crippen LogP) is 4.32. The summed E-state index contributed by atoms with van der Waals surface area (Å²) in [7, 11) is 0. The average Bonchev–Trinajstić information content (AvgIpc) is 3.23. The number of ether oxygens (including phenoxy) is 2. The van der Waals surface area contributed by atoms with Crippen LogP contribution in [0, 0.1) is 19.7 Å². The maximum atomic E-state index is 13.3. The fourth-order valence-electron chi connectivity index (χ4n) is 3.07. The van der Waals surface area contributed by atoms with Gasteiger partial charge in [-0.25, -0.2) is 4.39 Å². The third kappa shape index (κ3) is 3.41. The number of rotatable bonds is 4. The zero-order chi connectivity index (χ0) is 19.8. The van der Waals surface area contributed by atoms with Crippen LogP contribution in [0.4, 0.5) is 10.1 Å². The molecule has 1 aromatic heterocycles. The van der Waals surface area contributed by atoms with Gasteiger partial charge in [-0.05, 0) is 49.7 Å². The van der Waals surface area contributed by atoms with E-state index >= 15 is 0 Å². The molecule has 0 aliphatic carbocycles. The molecule has 0 saturated carbocycles. The fraction of sp³-hybridized carbons (Fsp3) is 0.200. The summed E-state index contributed by atoms with van der Waals surface area (Å²) in [4.78, 5) is 12.7. The SMILES string of the molecule is Cc1nn(Cc2ccc(F)cc2Cl)c(C)c1NC(=O)c1ccc2c(c1)OCO2. The lowest BCUT2D eigenvalue weighted by Crippen LogP contribution is -2.13. The van der Waals surface area contributed by atoms with Crippen LogP contribution in [0.5, 0.6) is 11.5 Å². The number of amides is 1. The van der Waals surface area contributed by atoms with Gasteiger partial charge in [0.15, 0.2) is 11.5 Å². The van der Waals surface area contributed by atoms with Crippen molar-refractivity contribution in [2.24, 2.45) is 0 Å². The van der Waals surface area contributed by atoms with Gasteiger partial charge in [0.25, 0.3) is 5.91 Å². The van der Waals surface area contributed by atoms with Crippen LogP contribution in [0.2, 0.25) is 5.02 Å². The van der Waals surface area contributed by atoms with Gasteiger partial charge in [-0.3, -0.25) is 9.48 Å². The summed E-state index contributed by atoms with van der Waals surface area (Å²) in [5, 5.41) is 7.71. The molecule has 0 bridgehead atoms. The Kier molecular flexibility index (Phi) is 4.68. The van der Waals surface area contributed by atoms with Crippen LogP contribution >= 0.6 is 11.6 Å². The number of carbonyl (C=O) groups excluding carboxylic acids is 1. The summed E-state index contributed by atoms with van der Waals surface area (Å²) in [6, 6.07) is 9.28. The summed E-state index contributed by atoms with van der Waals surface area (Å²) in [5.41, 5.74) is 3.26. The molecule has 0 fully saturated rings. The second kappa shape index (κ2) is 7.16. The standard InChI is InChI=1S/C20H17ClFN3O3/c1-11-19(23-20(26)13-4-6-17-18(7-13)28-10-27-17)12(2)25(24-11)9-14-3-5-15(22)8-16(14)21/h3-8H,9-10H2,1-2H3,(H,23,26). The highest BCUT2D eigenvalue weighted by molar-refractivity contribution is 6.31. The molecule has 4 rings (SSSR count). The molecule has 1 N–H and O–H groups in total. The van der Waals surface area contributed by atoms with E-state index in [2.05, 4.69) is 10.4 Å². The van der Waals surface area contributed by atoms with E-state index in [1.54, 1.807) is 28.9 Å². The van der Waals surface area contributed by atoms with Crippen LogP contribution in [0.25, 0.3) is 0 Å². The number of hydrogen-bond donors (Lipinski definition) is 1.